The van der Waals surface area contributed by atoms with Crippen molar-refractivity contribution in [1.82, 2.24) is 0 Å². The normalized spacial score (nSPS) is 44.3. The molecule has 2 aliphatic carbocycles. The molecule has 0 aromatic carbocycles. The Morgan fingerprint density at radius 2 is 2.05 bits per heavy atom. The van der Waals surface area contributed by atoms with Gasteiger partial charge in [-0.15, -0.1) is 0 Å². The standard InChI is InChI=1S/C13H18O5S/c1-6(2)12(14)17-10-7-5-8-9(13(7,3)4)11(10)18-19(8,15)16/h7-11H,1,5H2,2-4H3. The number of fused-ring (bicyclic) bond motifs is 1. The van der Waals surface area contributed by atoms with E-state index in [0.717, 1.165) is 0 Å². The molecule has 1 saturated heterocycles. The Morgan fingerprint density at radius 3 is 2.63 bits per heavy atom. The first kappa shape index (κ1) is 13.1. The molecule has 5 atom stereocenters. The van der Waals surface area contributed by atoms with Crippen LogP contribution in [0.15, 0.2) is 12.2 Å². The highest BCUT2D eigenvalue weighted by molar-refractivity contribution is 7.87. The van der Waals surface area contributed by atoms with Gasteiger partial charge in [-0.25, -0.2) is 4.79 Å². The second-order valence-corrected chi connectivity index (χ2v) is 8.22. The van der Waals surface area contributed by atoms with Gasteiger partial charge in [0.1, 0.15) is 12.2 Å². The molecular formula is C13H18O5S. The predicted octanol–water partition coefficient (Wildman–Crippen LogP) is 1.25. The van der Waals surface area contributed by atoms with Crippen LogP contribution in [0.5, 0.6) is 0 Å². The summed E-state index contributed by atoms with van der Waals surface area (Å²) < 4.78 is 34.6. The van der Waals surface area contributed by atoms with Crippen LogP contribution in [0.3, 0.4) is 0 Å². The lowest BCUT2D eigenvalue weighted by molar-refractivity contribution is -0.151. The Labute approximate surface area is 113 Å². The second-order valence-electron chi connectivity index (χ2n) is 6.43. The maximum absolute atomic E-state index is 12.0. The van der Waals surface area contributed by atoms with Crippen molar-refractivity contribution in [3.63, 3.8) is 0 Å². The van der Waals surface area contributed by atoms with Crippen LogP contribution in [0.1, 0.15) is 27.2 Å². The van der Waals surface area contributed by atoms with Crippen molar-refractivity contribution in [2.75, 3.05) is 0 Å². The highest BCUT2D eigenvalue weighted by atomic mass is 32.2. The summed E-state index contributed by atoms with van der Waals surface area (Å²) in [7, 11) is -3.51. The van der Waals surface area contributed by atoms with Crippen LogP contribution >= 0.6 is 0 Å². The second kappa shape index (κ2) is 3.61. The zero-order chi connectivity index (χ0) is 14.2. The minimum atomic E-state index is -3.51. The SMILES string of the molecule is C=C(C)C(=O)OC1C2OS(=O)(=O)C3CC1C(C)(C)C23. The van der Waals surface area contributed by atoms with Crippen LogP contribution in [0, 0.1) is 17.3 Å². The topological polar surface area (TPSA) is 69.7 Å². The summed E-state index contributed by atoms with van der Waals surface area (Å²) in [5.74, 6) is -0.517. The van der Waals surface area contributed by atoms with Crippen molar-refractivity contribution < 1.29 is 22.1 Å². The van der Waals surface area contributed by atoms with E-state index < -0.39 is 33.5 Å². The summed E-state index contributed by atoms with van der Waals surface area (Å²) in [5, 5.41) is -0.433. The van der Waals surface area contributed by atoms with E-state index in [4.69, 9.17) is 8.92 Å². The van der Waals surface area contributed by atoms with Gasteiger partial charge in [-0.05, 0) is 18.8 Å². The van der Waals surface area contributed by atoms with Crippen molar-refractivity contribution in [3.05, 3.63) is 12.2 Å². The summed E-state index contributed by atoms with van der Waals surface area (Å²) in [6.45, 7) is 9.20. The molecule has 19 heavy (non-hydrogen) atoms. The maximum Gasteiger partial charge on any atom is 0.333 e. The highest BCUT2D eigenvalue weighted by Gasteiger charge is 2.73. The summed E-state index contributed by atoms with van der Waals surface area (Å²) in [6.07, 6.45) is -0.477. The van der Waals surface area contributed by atoms with Gasteiger partial charge in [0.15, 0.2) is 0 Å². The fourth-order valence-electron chi connectivity index (χ4n) is 4.06. The molecule has 106 valence electrons. The number of carbonyl (C=O) groups excluding carboxylic acids is 1. The molecule has 0 spiro atoms. The maximum atomic E-state index is 12.0. The van der Waals surface area contributed by atoms with E-state index in [0.29, 0.717) is 12.0 Å². The number of hydrogen-bond donors (Lipinski definition) is 0. The smallest absolute Gasteiger partial charge is 0.333 e. The molecule has 5 nitrogen and oxygen atoms in total. The van der Waals surface area contributed by atoms with Gasteiger partial charge in [0, 0.05) is 17.4 Å². The fourth-order valence-corrected chi connectivity index (χ4v) is 6.05. The largest absolute Gasteiger partial charge is 0.456 e. The van der Waals surface area contributed by atoms with Crippen LogP contribution in [0.2, 0.25) is 0 Å². The average Bonchev–Trinajstić information content (AvgIpc) is 2.73. The third-order valence-corrected chi connectivity index (χ3v) is 6.70. The number of hydrogen-bond acceptors (Lipinski definition) is 5. The van der Waals surface area contributed by atoms with E-state index >= 15 is 0 Å². The Kier molecular flexibility index (Phi) is 2.49. The molecule has 1 aliphatic heterocycles. The lowest BCUT2D eigenvalue weighted by atomic mass is 9.81. The third kappa shape index (κ3) is 1.56. The number of ether oxygens (including phenoxy) is 1. The molecule has 6 heteroatoms. The van der Waals surface area contributed by atoms with Crippen LogP contribution < -0.4 is 0 Å². The van der Waals surface area contributed by atoms with E-state index in [1.54, 1.807) is 6.92 Å². The molecule has 0 amide bonds. The molecule has 1 heterocycles. The van der Waals surface area contributed by atoms with Crippen molar-refractivity contribution >= 4 is 16.1 Å². The molecule has 2 bridgehead atoms. The van der Waals surface area contributed by atoms with Gasteiger partial charge in [-0.3, -0.25) is 4.18 Å². The molecule has 3 aliphatic rings. The lowest BCUT2D eigenvalue weighted by Gasteiger charge is -2.26. The highest BCUT2D eigenvalue weighted by Crippen LogP contribution is 2.64. The van der Waals surface area contributed by atoms with Gasteiger partial charge in [0.2, 0.25) is 0 Å². The number of carbonyl (C=O) groups is 1. The quantitative estimate of drug-likeness (QED) is 0.434. The van der Waals surface area contributed by atoms with Crippen molar-refractivity contribution in [1.29, 1.82) is 0 Å². The monoisotopic (exact) mass is 286 g/mol. The third-order valence-electron chi connectivity index (χ3n) is 4.98. The van der Waals surface area contributed by atoms with Crippen LogP contribution in [0.4, 0.5) is 0 Å². The minimum Gasteiger partial charge on any atom is -0.456 e. The van der Waals surface area contributed by atoms with Gasteiger partial charge in [-0.2, -0.15) is 8.42 Å². The van der Waals surface area contributed by atoms with Crippen molar-refractivity contribution in [2.24, 2.45) is 17.3 Å². The van der Waals surface area contributed by atoms with Crippen molar-refractivity contribution in [3.8, 4) is 0 Å². The summed E-state index contributed by atoms with van der Waals surface area (Å²) in [4.78, 5) is 11.7. The van der Waals surface area contributed by atoms with Crippen LogP contribution in [0.25, 0.3) is 0 Å². The minimum absolute atomic E-state index is 0.0353. The molecule has 5 unspecified atom stereocenters. The molecule has 3 fully saturated rings. The van der Waals surface area contributed by atoms with E-state index in [1.165, 1.54) is 0 Å². The van der Waals surface area contributed by atoms with Gasteiger partial charge >= 0.3 is 5.97 Å². The average molecular weight is 286 g/mol. The van der Waals surface area contributed by atoms with Gasteiger partial charge in [-0.1, -0.05) is 20.4 Å². The molecule has 2 saturated carbocycles. The summed E-state index contributed by atoms with van der Waals surface area (Å²) in [6, 6.07) is 0. The molecule has 0 radical (unpaired) electrons. The molecule has 0 aromatic rings. The molecular weight excluding hydrogens is 268 g/mol. The molecule has 3 rings (SSSR count). The Bertz CT molecular complexity index is 562. The summed E-state index contributed by atoms with van der Waals surface area (Å²) in [5.41, 5.74) is 0.136. The summed E-state index contributed by atoms with van der Waals surface area (Å²) >= 11 is 0. The Morgan fingerprint density at radius 1 is 1.42 bits per heavy atom. The Hall–Kier alpha value is -0.880. The Balaban J connectivity index is 1.95. The van der Waals surface area contributed by atoms with E-state index in [2.05, 4.69) is 6.58 Å². The number of esters is 1. The van der Waals surface area contributed by atoms with E-state index in [-0.39, 0.29) is 17.3 Å². The van der Waals surface area contributed by atoms with E-state index in [9.17, 15) is 13.2 Å². The predicted molar refractivity (Wildman–Crippen MR) is 67.7 cm³/mol. The zero-order valence-electron chi connectivity index (χ0n) is 11.3. The first-order chi connectivity index (χ1) is 8.66. The van der Waals surface area contributed by atoms with Gasteiger partial charge < -0.3 is 4.74 Å². The van der Waals surface area contributed by atoms with E-state index in [1.807, 2.05) is 13.8 Å². The van der Waals surface area contributed by atoms with Gasteiger partial charge in [0.25, 0.3) is 10.1 Å². The molecule has 0 aromatic heterocycles. The van der Waals surface area contributed by atoms with Crippen LogP contribution in [-0.2, 0) is 23.8 Å². The fraction of sp³-hybridized carbons (Fsp3) is 0.769. The van der Waals surface area contributed by atoms with Gasteiger partial charge in [0.05, 0.1) is 5.25 Å². The number of rotatable bonds is 2. The first-order valence-corrected chi connectivity index (χ1v) is 7.92. The lowest BCUT2D eigenvalue weighted by Crippen LogP contribution is -2.37. The van der Waals surface area contributed by atoms with Crippen LogP contribution in [-0.4, -0.2) is 31.8 Å². The first-order valence-electron chi connectivity index (χ1n) is 6.45. The molecule has 0 N–H and O–H groups in total. The zero-order valence-corrected chi connectivity index (χ0v) is 12.1. The van der Waals surface area contributed by atoms with Crippen molar-refractivity contribution in [2.45, 2.75) is 44.6 Å².